The molecule has 1 amide bonds. The average molecular weight is 289 g/mol. The largest absolute Gasteiger partial charge is 0.478 e. The Labute approximate surface area is 119 Å². The molecule has 1 aromatic heterocycles. The SMILES string of the molecule is O=C(O)c1ccc(F)c(NC(=O)[C@H]2C[C@@H]2c2ccco2)c1. The molecular formula is C15H12FNO4. The van der Waals surface area contributed by atoms with E-state index in [1.165, 1.54) is 0 Å². The Morgan fingerprint density at radius 1 is 1.33 bits per heavy atom. The van der Waals surface area contributed by atoms with Crippen molar-refractivity contribution in [2.24, 2.45) is 5.92 Å². The van der Waals surface area contributed by atoms with Gasteiger partial charge in [0.1, 0.15) is 11.6 Å². The predicted molar refractivity (Wildman–Crippen MR) is 71.5 cm³/mol. The lowest BCUT2D eigenvalue weighted by Crippen LogP contribution is -2.16. The molecule has 2 atom stereocenters. The highest BCUT2D eigenvalue weighted by Gasteiger charge is 2.46. The van der Waals surface area contributed by atoms with Gasteiger partial charge < -0.3 is 14.8 Å². The van der Waals surface area contributed by atoms with Crippen molar-refractivity contribution in [3.05, 3.63) is 53.7 Å². The van der Waals surface area contributed by atoms with Crippen LogP contribution >= 0.6 is 0 Å². The zero-order chi connectivity index (χ0) is 15.0. The fourth-order valence-corrected chi connectivity index (χ4v) is 2.28. The van der Waals surface area contributed by atoms with Gasteiger partial charge in [0.05, 0.1) is 17.5 Å². The summed E-state index contributed by atoms with van der Waals surface area (Å²) in [4.78, 5) is 22.9. The molecular weight excluding hydrogens is 277 g/mol. The third-order valence-corrected chi connectivity index (χ3v) is 3.51. The molecule has 0 radical (unpaired) electrons. The molecule has 0 unspecified atom stereocenters. The van der Waals surface area contributed by atoms with Gasteiger partial charge >= 0.3 is 5.97 Å². The fourth-order valence-electron chi connectivity index (χ4n) is 2.28. The van der Waals surface area contributed by atoms with Crippen molar-refractivity contribution in [3.63, 3.8) is 0 Å². The van der Waals surface area contributed by atoms with Gasteiger partial charge in [0.2, 0.25) is 5.91 Å². The van der Waals surface area contributed by atoms with Crippen molar-refractivity contribution in [1.29, 1.82) is 0 Å². The van der Waals surface area contributed by atoms with E-state index >= 15 is 0 Å². The van der Waals surface area contributed by atoms with Crippen LogP contribution in [0.15, 0.2) is 41.0 Å². The molecule has 21 heavy (non-hydrogen) atoms. The van der Waals surface area contributed by atoms with Crippen molar-refractivity contribution < 1.29 is 23.5 Å². The Bertz CT molecular complexity index is 696. The number of carboxylic acid groups (broad SMARTS) is 1. The number of hydrogen-bond acceptors (Lipinski definition) is 3. The zero-order valence-corrected chi connectivity index (χ0v) is 10.9. The number of amides is 1. The van der Waals surface area contributed by atoms with Gasteiger partial charge in [-0.2, -0.15) is 0 Å². The van der Waals surface area contributed by atoms with Crippen LogP contribution in [0, 0.1) is 11.7 Å². The van der Waals surface area contributed by atoms with Gasteiger partial charge in [0.25, 0.3) is 0 Å². The first-order valence-electron chi connectivity index (χ1n) is 6.43. The molecule has 2 aromatic rings. The molecule has 0 bridgehead atoms. The minimum absolute atomic E-state index is 0.00529. The maximum atomic E-state index is 13.6. The molecule has 1 aromatic carbocycles. The number of carboxylic acids is 1. The second-order valence-electron chi connectivity index (χ2n) is 4.95. The Kier molecular flexibility index (Phi) is 3.21. The average Bonchev–Trinajstić information content (AvgIpc) is 3.07. The van der Waals surface area contributed by atoms with Crippen LogP contribution in [0.5, 0.6) is 0 Å². The van der Waals surface area contributed by atoms with Crippen LogP contribution < -0.4 is 5.32 Å². The molecule has 0 spiro atoms. The molecule has 1 aliphatic carbocycles. The standard InChI is InChI=1S/C15H12FNO4/c16-11-4-3-8(15(19)20)6-12(11)17-14(18)10-7-9(10)13-2-1-5-21-13/h1-6,9-10H,7H2,(H,17,18)(H,19,20)/t9-,10-/m0/s1. The Morgan fingerprint density at radius 2 is 2.14 bits per heavy atom. The first kappa shape index (κ1) is 13.4. The number of nitrogens with one attached hydrogen (secondary N) is 1. The molecule has 0 aliphatic heterocycles. The van der Waals surface area contributed by atoms with Gasteiger partial charge in [-0.25, -0.2) is 9.18 Å². The number of aromatic carboxylic acids is 1. The van der Waals surface area contributed by atoms with Crippen LogP contribution in [-0.4, -0.2) is 17.0 Å². The van der Waals surface area contributed by atoms with E-state index < -0.39 is 11.8 Å². The van der Waals surface area contributed by atoms with Crippen molar-refractivity contribution in [2.45, 2.75) is 12.3 Å². The topological polar surface area (TPSA) is 79.5 Å². The van der Waals surface area contributed by atoms with Crippen molar-refractivity contribution in [2.75, 3.05) is 5.32 Å². The minimum atomic E-state index is -1.18. The van der Waals surface area contributed by atoms with Gasteiger partial charge in [-0.15, -0.1) is 0 Å². The van der Waals surface area contributed by atoms with E-state index in [0.717, 1.165) is 24.0 Å². The molecule has 2 N–H and O–H groups in total. The lowest BCUT2D eigenvalue weighted by Gasteiger charge is -2.07. The highest BCUT2D eigenvalue weighted by Crippen LogP contribution is 2.48. The summed E-state index contributed by atoms with van der Waals surface area (Å²) in [5, 5.41) is 11.3. The number of carbonyl (C=O) groups is 2. The van der Waals surface area contributed by atoms with Crippen molar-refractivity contribution >= 4 is 17.6 Å². The first-order chi connectivity index (χ1) is 10.1. The summed E-state index contributed by atoms with van der Waals surface area (Å²) in [5.74, 6) is -1.71. The summed E-state index contributed by atoms with van der Waals surface area (Å²) < 4.78 is 18.9. The normalized spacial score (nSPS) is 20.0. The number of carbonyl (C=O) groups excluding carboxylic acids is 1. The quantitative estimate of drug-likeness (QED) is 0.907. The molecule has 0 saturated heterocycles. The molecule has 3 rings (SSSR count). The summed E-state index contributed by atoms with van der Waals surface area (Å²) in [5.41, 5.74) is -0.199. The monoisotopic (exact) mass is 289 g/mol. The van der Waals surface area contributed by atoms with E-state index in [9.17, 15) is 14.0 Å². The summed E-state index contributed by atoms with van der Waals surface area (Å²) in [6.07, 6.45) is 2.18. The molecule has 1 aliphatic rings. The highest BCUT2D eigenvalue weighted by atomic mass is 19.1. The van der Waals surface area contributed by atoms with Crippen LogP contribution in [0.25, 0.3) is 0 Å². The Hall–Kier alpha value is -2.63. The van der Waals surface area contributed by atoms with E-state index in [2.05, 4.69) is 5.32 Å². The van der Waals surface area contributed by atoms with E-state index in [1.54, 1.807) is 18.4 Å². The number of halogens is 1. The zero-order valence-electron chi connectivity index (χ0n) is 10.9. The highest BCUT2D eigenvalue weighted by molar-refractivity contribution is 5.97. The Morgan fingerprint density at radius 3 is 2.81 bits per heavy atom. The maximum Gasteiger partial charge on any atom is 0.335 e. The second-order valence-corrected chi connectivity index (χ2v) is 4.95. The number of benzene rings is 1. The lowest BCUT2D eigenvalue weighted by molar-refractivity contribution is -0.117. The van der Waals surface area contributed by atoms with Crippen LogP contribution in [0.3, 0.4) is 0 Å². The molecule has 108 valence electrons. The van der Waals surface area contributed by atoms with Gasteiger partial charge in [-0.3, -0.25) is 4.79 Å². The molecule has 6 heteroatoms. The molecule has 1 saturated carbocycles. The lowest BCUT2D eigenvalue weighted by atomic mass is 10.2. The van der Waals surface area contributed by atoms with E-state index in [1.807, 2.05) is 0 Å². The van der Waals surface area contributed by atoms with E-state index in [4.69, 9.17) is 9.52 Å². The summed E-state index contributed by atoms with van der Waals surface area (Å²) in [6.45, 7) is 0. The van der Waals surface area contributed by atoms with E-state index in [-0.39, 0.29) is 29.0 Å². The number of rotatable bonds is 4. The van der Waals surface area contributed by atoms with Gasteiger partial charge in [-0.05, 0) is 36.8 Å². The van der Waals surface area contributed by atoms with Gasteiger partial charge in [0, 0.05) is 11.8 Å². The van der Waals surface area contributed by atoms with Crippen LogP contribution in [0.2, 0.25) is 0 Å². The van der Waals surface area contributed by atoms with Crippen molar-refractivity contribution in [1.82, 2.24) is 0 Å². The molecule has 1 fully saturated rings. The predicted octanol–water partition coefficient (Wildman–Crippen LogP) is 2.86. The number of hydrogen-bond donors (Lipinski definition) is 2. The first-order valence-corrected chi connectivity index (χ1v) is 6.43. The smallest absolute Gasteiger partial charge is 0.335 e. The van der Waals surface area contributed by atoms with Gasteiger partial charge in [0.15, 0.2) is 0 Å². The van der Waals surface area contributed by atoms with E-state index in [0.29, 0.717) is 6.42 Å². The number of furan rings is 1. The minimum Gasteiger partial charge on any atom is -0.478 e. The van der Waals surface area contributed by atoms with Crippen molar-refractivity contribution in [3.8, 4) is 0 Å². The van der Waals surface area contributed by atoms with Crippen LogP contribution in [0.1, 0.15) is 28.5 Å². The maximum absolute atomic E-state index is 13.6. The van der Waals surface area contributed by atoms with Crippen LogP contribution in [0.4, 0.5) is 10.1 Å². The van der Waals surface area contributed by atoms with Crippen LogP contribution in [-0.2, 0) is 4.79 Å². The molecule has 1 heterocycles. The summed E-state index contributed by atoms with van der Waals surface area (Å²) in [7, 11) is 0. The summed E-state index contributed by atoms with van der Waals surface area (Å²) >= 11 is 0. The third kappa shape index (κ3) is 2.65. The molecule has 5 nitrogen and oxygen atoms in total. The van der Waals surface area contributed by atoms with Gasteiger partial charge in [-0.1, -0.05) is 0 Å². The fraction of sp³-hybridized carbons (Fsp3) is 0.200. The number of anilines is 1. The Balaban J connectivity index is 1.71. The third-order valence-electron chi connectivity index (χ3n) is 3.51. The second kappa shape index (κ2) is 5.05. The summed E-state index contributed by atoms with van der Waals surface area (Å²) in [6, 6.07) is 6.83.